The maximum atomic E-state index is 6.03. The molecule has 3 aromatic rings. The van der Waals surface area contributed by atoms with E-state index in [0.29, 0.717) is 27.1 Å². The molecule has 7 heteroatoms. The van der Waals surface area contributed by atoms with E-state index in [2.05, 4.69) is 15.1 Å². The van der Waals surface area contributed by atoms with Crippen LogP contribution in [0.15, 0.2) is 41.2 Å². The Morgan fingerprint density at radius 1 is 1.05 bits per heavy atom. The zero-order valence-electron chi connectivity index (χ0n) is 10.0. The van der Waals surface area contributed by atoms with Crippen molar-refractivity contribution in [1.82, 2.24) is 15.1 Å². The normalized spacial score (nSPS) is 10.7. The Labute approximate surface area is 124 Å². The van der Waals surface area contributed by atoms with Gasteiger partial charge >= 0.3 is 0 Å². The fourth-order valence-corrected chi connectivity index (χ4v) is 2.11. The van der Waals surface area contributed by atoms with Gasteiger partial charge in [-0.1, -0.05) is 34.4 Å². The van der Waals surface area contributed by atoms with E-state index in [4.69, 9.17) is 33.5 Å². The Balaban J connectivity index is 2.19. The van der Waals surface area contributed by atoms with Crippen molar-refractivity contribution in [1.29, 1.82) is 0 Å². The molecule has 1 aromatic carbocycles. The second-order valence-electron chi connectivity index (χ2n) is 3.97. The molecule has 5 nitrogen and oxygen atoms in total. The maximum absolute atomic E-state index is 6.03. The van der Waals surface area contributed by atoms with Crippen LogP contribution in [-0.2, 0) is 0 Å². The molecule has 0 aliphatic rings. The van der Waals surface area contributed by atoms with Crippen LogP contribution in [0.25, 0.3) is 22.6 Å². The number of anilines is 1. The van der Waals surface area contributed by atoms with Crippen LogP contribution in [0.1, 0.15) is 0 Å². The number of benzene rings is 1. The summed E-state index contributed by atoms with van der Waals surface area (Å²) >= 11 is 11.9. The molecule has 0 radical (unpaired) electrons. The van der Waals surface area contributed by atoms with Gasteiger partial charge in [-0.15, -0.1) is 0 Å². The Kier molecular flexibility index (Phi) is 3.30. The summed E-state index contributed by atoms with van der Waals surface area (Å²) in [7, 11) is 0. The fourth-order valence-electron chi connectivity index (χ4n) is 1.81. The molecule has 0 bridgehead atoms. The predicted octanol–water partition coefficient (Wildman–Crippen LogP) is 3.69. The highest BCUT2D eigenvalue weighted by atomic mass is 35.5. The molecule has 3 rings (SSSR count). The lowest BCUT2D eigenvalue weighted by Crippen LogP contribution is -1.91. The van der Waals surface area contributed by atoms with E-state index in [1.54, 1.807) is 36.7 Å². The van der Waals surface area contributed by atoms with Crippen molar-refractivity contribution in [3.63, 3.8) is 0 Å². The number of hydrogen-bond acceptors (Lipinski definition) is 5. The van der Waals surface area contributed by atoms with Crippen LogP contribution in [0, 0.1) is 0 Å². The van der Waals surface area contributed by atoms with Gasteiger partial charge in [-0.05, 0) is 23.8 Å². The number of hydrogen-bond donors (Lipinski definition) is 1. The highest BCUT2D eigenvalue weighted by molar-refractivity contribution is 6.42. The van der Waals surface area contributed by atoms with Crippen LogP contribution in [-0.4, -0.2) is 15.1 Å². The number of nitrogens with zero attached hydrogens (tertiary/aromatic N) is 3. The SMILES string of the molecule is Nc1onc(-c2ncccn2)c1-c1ccc(Cl)c(Cl)c1. The van der Waals surface area contributed by atoms with Crippen molar-refractivity contribution in [3.8, 4) is 22.6 Å². The Morgan fingerprint density at radius 2 is 1.80 bits per heavy atom. The maximum Gasteiger partial charge on any atom is 0.230 e. The van der Waals surface area contributed by atoms with Gasteiger partial charge in [0.2, 0.25) is 5.88 Å². The lowest BCUT2D eigenvalue weighted by Gasteiger charge is -2.03. The number of halogens is 2. The van der Waals surface area contributed by atoms with Crippen molar-refractivity contribution in [2.24, 2.45) is 0 Å². The molecule has 0 atom stereocenters. The second kappa shape index (κ2) is 5.11. The van der Waals surface area contributed by atoms with Gasteiger partial charge in [0, 0.05) is 12.4 Å². The Morgan fingerprint density at radius 3 is 2.50 bits per heavy atom. The third-order valence-corrected chi connectivity index (χ3v) is 3.44. The minimum absolute atomic E-state index is 0.172. The summed E-state index contributed by atoms with van der Waals surface area (Å²) < 4.78 is 5.05. The summed E-state index contributed by atoms with van der Waals surface area (Å²) in [5.41, 5.74) is 7.63. The number of nitrogen functional groups attached to an aromatic ring is 1. The average molecular weight is 307 g/mol. The van der Waals surface area contributed by atoms with Gasteiger partial charge in [0.05, 0.1) is 15.6 Å². The van der Waals surface area contributed by atoms with E-state index >= 15 is 0 Å². The van der Waals surface area contributed by atoms with Crippen LogP contribution >= 0.6 is 23.2 Å². The van der Waals surface area contributed by atoms with Crippen LogP contribution in [0.5, 0.6) is 0 Å². The lowest BCUT2D eigenvalue weighted by molar-refractivity contribution is 0.439. The van der Waals surface area contributed by atoms with Crippen molar-refractivity contribution >= 4 is 29.1 Å². The molecule has 0 fully saturated rings. The highest BCUT2D eigenvalue weighted by Crippen LogP contribution is 2.37. The lowest BCUT2D eigenvalue weighted by atomic mass is 10.1. The summed E-state index contributed by atoms with van der Waals surface area (Å²) in [6.07, 6.45) is 3.23. The first-order chi connectivity index (χ1) is 9.66. The smallest absolute Gasteiger partial charge is 0.230 e. The summed E-state index contributed by atoms with van der Waals surface area (Å²) in [6.45, 7) is 0. The molecule has 0 saturated heterocycles. The minimum atomic E-state index is 0.172. The predicted molar refractivity (Wildman–Crippen MR) is 77.4 cm³/mol. The first-order valence-electron chi connectivity index (χ1n) is 5.65. The first-order valence-corrected chi connectivity index (χ1v) is 6.40. The van der Waals surface area contributed by atoms with Crippen LogP contribution in [0.2, 0.25) is 10.0 Å². The van der Waals surface area contributed by atoms with Gasteiger partial charge in [-0.3, -0.25) is 0 Å². The molecule has 0 spiro atoms. The van der Waals surface area contributed by atoms with E-state index in [-0.39, 0.29) is 5.88 Å². The van der Waals surface area contributed by atoms with E-state index < -0.39 is 0 Å². The molecule has 0 unspecified atom stereocenters. The van der Waals surface area contributed by atoms with Crippen molar-refractivity contribution in [3.05, 3.63) is 46.7 Å². The molecule has 0 aliphatic carbocycles. The largest absolute Gasteiger partial charge is 0.367 e. The molecule has 0 saturated carbocycles. The van der Waals surface area contributed by atoms with Crippen molar-refractivity contribution < 1.29 is 4.52 Å². The van der Waals surface area contributed by atoms with Gasteiger partial charge in [-0.2, -0.15) is 0 Å². The van der Waals surface area contributed by atoms with Crippen molar-refractivity contribution in [2.75, 3.05) is 5.73 Å². The zero-order chi connectivity index (χ0) is 14.1. The average Bonchev–Trinajstić information content (AvgIpc) is 2.85. The van der Waals surface area contributed by atoms with E-state index in [0.717, 1.165) is 5.56 Å². The highest BCUT2D eigenvalue weighted by Gasteiger charge is 2.19. The molecule has 100 valence electrons. The van der Waals surface area contributed by atoms with Gasteiger partial charge in [-0.25, -0.2) is 9.97 Å². The molecule has 2 heterocycles. The van der Waals surface area contributed by atoms with Gasteiger partial charge in [0.15, 0.2) is 11.5 Å². The molecule has 2 N–H and O–H groups in total. The quantitative estimate of drug-likeness (QED) is 0.781. The van der Waals surface area contributed by atoms with Gasteiger partial charge < -0.3 is 10.3 Å². The first kappa shape index (κ1) is 12.9. The van der Waals surface area contributed by atoms with Crippen LogP contribution < -0.4 is 5.73 Å². The van der Waals surface area contributed by atoms with E-state index in [9.17, 15) is 0 Å². The molecular formula is C13H8Cl2N4O. The monoisotopic (exact) mass is 306 g/mol. The number of aromatic nitrogens is 3. The zero-order valence-corrected chi connectivity index (χ0v) is 11.6. The summed E-state index contributed by atoms with van der Waals surface area (Å²) in [5.74, 6) is 0.597. The van der Waals surface area contributed by atoms with E-state index in [1.807, 2.05) is 0 Å². The Bertz CT molecular complexity index is 758. The summed E-state index contributed by atoms with van der Waals surface area (Å²) in [5, 5.41) is 4.80. The molecule has 0 aliphatic heterocycles. The third-order valence-electron chi connectivity index (χ3n) is 2.70. The molecule has 2 aromatic heterocycles. The fraction of sp³-hybridized carbons (Fsp3) is 0. The molecule has 0 amide bonds. The van der Waals surface area contributed by atoms with E-state index in [1.165, 1.54) is 0 Å². The van der Waals surface area contributed by atoms with Crippen LogP contribution in [0.3, 0.4) is 0 Å². The van der Waals surface area contributed by atoms with Crippen molar-refractivity contribution in [2.45, 2.75) is 0 Å². The topological polar surface area (TPSA) is 77.8 Å². The second-order valence-corrected chi connectivity index (χ2v) is 4.79. The minimum Gasteiger partial charge on any atom is -0.367 e. The van der Waals surface area contributed by atoms with Gasteiger partial charge in [0.1, 0.15) is 0 Å². The third kappa shape index (κ3) is 2.21. The van der Waals surface area contributed by atoms with Gasteiger partial charge in [0.25, 0.3) is 0 Å². The summed E-state index contributed by atoms with van der Waals surface area (Å²) in [4.78, 5) is 8.28. The number of rotatable bonds is 2. The number of nitrogens with two attached hydrogens (primary N) is 1. The molecule has 20 heavy (non-hydrogen) atoms. The standard InChI is InChI=1S/C13H8Cl2N4O/c14-8-3-2-7(6-9(8)15)10-11(19-20-12(10)16)13-17-4-1-5-18-13/h1-6H,16H2. The Hall–Kier alpha value is -2.11. The van der Waals surface area contributed by atoms with Crippen LogP contribution in [0.4, 0.5) is 5.88 Å². The summed E-state index contributed by atoms with van der Waals surface area (Å²) in [6, 6.07) is 6.87. The molecular weight excluding hydrogens is 299 g/mol.